The molecule has 2 aromatic rings. The number of hydrogen-bond donors (Lipinski definition) is 2. The van der Waals surface area contributed by atoms with Gasteiger partial charge in [0, 0.05) is 37.6 Å². The minimum atomic E-state index is 0.439. The van der Waals surface area contributed by atoms with Gasteiger partial charge in [0.25, 0.3) is 0 Å². The molecule has 144 valence electrons. The summed E-state index contributed by atoms with van der Waals surface area (Å²) in [5.74, 6) is 0. The molecule has 0 spiro atoms. The molecule has 4 nitrogen and oxygen atoms in total. The Hall–Kier alpha value is -1.98. The highest BCUT2D eigenvalue weighted by Crippen LogP contribution is 2.15. The second-order valence-electron chi connectivity index (χ2n) is 7.27. The molecule has 0 amide bonds. The van der Waals surface area contributed by atoms with Crippen LogP contribution in [0.2, 0.25) is 0 Å². The fourth-order valence-electron chi connectivity index (χ4n) is 3.44. The Morgan fingerprint density at radius 1 is 1.15 bits per heavy atom. The van der Waals surface area contributed by atoms with Crippen LogP contribution in [0.5, 0.6) is 0 Å². The lowest BCUT2D eigenvalue weighted by molar-refractivity contribution is 0.197. The molecule has 0 atom stereocenters. The fourth-order valence-corrected chi connectivity index (χ4v) is 3.73. The van der Waals surface area contributed by atoms with E-state index >= 15 is 0 Å². The predicted octanol–water partition coefficient (Wildman–Crippen LogP) is 4.38. The monoisotopic (exact) mass is 382 g/mol. The summed E-state index contributed by atoms with van der Waals surface area (Å²) in [6.45, 7) is 5.30. The lowest BCUT2D eigenvalue weighted by Crippen LogP contribution is -2.45. The minimum Gasteiger partial charge on any atom is -0.360 e. The fraction of sp³-hybridized carbons (Fsp3) is 0.455. The SMILES string of the molecule is CCCCc1ccc(NC(=S)NC2CCN(Cc3ccccn3)CC2)cc1. The van der Waals surface area contributed by atoms with Crippen LogP contribution >= 0.6 is 12.2 Å². The zero-order valence-electron chi connectivity index (χ0n) is 16.2. The largest absolute Gasteiger partial charge is 0.360 e. The number of thiocarbonyl (C=S) groups is 1. The summed E-state index contributed by atoms with van der Waals surface area (Å²) < 4.78 is 0. The molecule has 0 unspecified atom stereocenters. The summed E-state index contributed by atoms with van der Waals surface area (Å²) in [5.41, 5.74) is 3.59. The van der Waals surface area contributed by atoms with E-state index in [0.29, 0.717) is 6.04 Å². The number of aryl methyl sites for hydroxylation is 1. The van der Waals surface area contributed by atoms with Gasteiger partial charge < -0.3 is 10.6 Å². The number of rotatable bonds is 7. The molecule has 2 N–H and O–H groups in total. The van der Waals surface area contributed by atoms with E-state index < -0.39 is 0 Å². The van der Waals surface area contributed by atoms with Crippen LogP contribution < -0.4 is 10.6 Å². The van der Waals surface area contributed by atoms with E-state index in [-0.39, 0.29) is 0 Å². The molecule has 1 saturated heterocycles. The Labute approximate surface area is 168 Å². The van der Waals surface area contributed by atoms with Crippen molar-refractivity contribution in [1.82, 2.24) is 15.2 Å². The highest BCUT2D eigenvalue weighted by Gasteiger charge is 2.20. The zero-order chi connectivity index (χ0) is 18.9. The van der Waals surface area contributed by atoms with Crippen molar-refractivity contribution in [3.8, 4) is 0 Å². The van der Waals surface area contributed by atoms with Crippen molar-refractivity contribution in [2.24, 2.45) is 0 Å². The van der Waals surface area contributed by atoms with Crippen LogP contribution in [0.25, 0.3) is 0 Å². The number of likely N-dealkylation sites (tertiary alicyclic amines) is 1. The molecule has 1 aliphatic rings. The quantitative estimate of drug-likeness (QED) is 0.696. The topological polar surface area (TPSA) is 40.2 Å². The van der Waals surface area contributed by atoms with Crippen LogP contribution in [0.15, 0.2) is 48.7 Å². The van der Waals surface area contributed by atoms with Crippen molar-refractivity contribution < 1.29 is 0 Å². The Kier molecular flexibility index (Phi) is 7.60. The summed E-state index contributed by atoms with van der Waals surface area (Å²) in [7, 11) is 0. The molecular formula is C22H30N4S. The second-order valence-corrected chi connectivity index (χ2v) is 7.68. The number of benzene rings is 1. The van der Waals surface area contributed by atoms with Crippen molar-refractivity contribution in [2.75, 3.05) is 18.4 Å². The first-order valence-electron chi connectivity index (χ1n) is 10.0. The van der Waals surface area contributed by atoms with Gasteiger partial charge in [-0.2, -0.15) is 0 Å². The molecule has 0 aliphatic carbocycles. The Morgan fingerprint density at radius 3 is 2.59 bits per heavy atom. The Morgan fingerprint density at radius 2 is 1.93 bits per heavy atom. The van der Waals surface area contributed by atoms with E-state index in [1.54, 1.807) is 0 Å². The molecule has 0 bridgehead atoms. The summed E-state index contributed by atoms with van der Waals surface area (Å²) in [5, 5.41) is 7.52. The first-order chi connectivity index (χ1) is 13.2. The maximum atomic E-state index is 5.51. The number of unbranched alkanes of at least 4 members (excludes halogenated alkanes) is 1. The van der Waals surface area contributed by atoms with E-state index in [9.17, 15) is 0 Å². The van der Waals surface area contributed by atoms with Crippen LogP contribution in [0, 0.1) is 0 Å². The third-order valence-corrected chi connectivity index (χ3v) is 5.29. The molecular weight excluding hydrogens is 352 g/mol. The lowest BCUT2D eigenvalue weighted by atomic mass is 10.1. The summed E-state index contributed by atoms with van der Waals surface area (Å²) in [6, 6.07) is 15.2. The van der Waals surface area contributed by atoms with Crippen LogP contribution in [-0.2, 0) is 13.0 Å². The van der Waals surface area contributed by atoms with Gasteiger partial charge in [0.15, 0.2) is 5.11 Å². The molecule has 1 fully saturated rings. The smallest absolute Gasteiger partial charge is 0.170 e. The molecule has 0 saturated carbocycles. The Balaban J connectivity index is 1.39. The molecule has 3 rings (SSSR count). The number of anilines is 1. The maximum Gasteiger partial charge on any atom is 0.170 e. The van der Waals surface area contributed by atoms with E-state index in [1.165, 1.54) is 18.4 Å². The van der Waals surface area contributed by atoms with Crippen molar-refractivity contribution >= 4 is 23.0 Å². The molecule has 1 aromatic heterocycles. The number of nitrogens with one attached hydrogen (secondary N) is 2. The number of pyridine rings is 1. The average Bonchev–Trinajstić information content (AvgIpc) is 2.70. The second kappa shape index (κ2) is 10.4. The summed E-state index contributed by atoms with van der Waals surface area (Å²) in [6.07, 6.45) is 7.69. The van der Waals surface area contributed by atoms with Crippen LogP contribution in [0.1, 0.15) is 43.9 Å². The normalized spacial score (nSPS) is 15.4. The average molecular weight is 383 g/mol. The highest BCUT2D eigenvalue weighted by molar-refractivity contribution is 7.80. The van der Waals surface area contributed by atoms with Gasteiger partial charge in [0.05, 0.1) is 5.69 Å². The first kappa shape index (κ1) is 19.8. The van der Waals surface area contributed by atoms with Crippen LogP contribution in [0.3, 0.4) is 0 Å². The molecule has 27 heavy (non-hydrogen) atoms. The minimum absolute atomic E-state index is 0.439. The first-order valence-corrected chi connectivity index (χ1v) is 10.4. The van der Waals surface area contributed by atoms with Crippen molar-refractivity contribution in [3.63, 3.8) is 0 Å². The van der Waals surface area contributed by atoms with Crippen LogP contribution in [0.4, 0.5) is 5.69 Å². The van der Waals surface area contributed by atoms with Gasteiger partial charge in [-0.1, -0.05) is 31.5 Å². The van der Waals surface area contributed by atoms with Crippen molar-refractivity contribution in [2.45, 2.75) is 51.6 Å². The van der Waals surface area contributed by atoms with Crippen molar-refractivity contribution in [1.29, 1.82) is 0 Å². The summed E-state index contributed by atoms with van der Waals surface area (Å²) >= 11 is 5.51. The van der Waals surface area contributed by atoms with E-state index in [2.05, 4.69) is 63.8 Å². The van der Waals surface area contributed by atoms with Gasteiger partial charge in [-0.05, 0) is 67.7 Å². The van der Waals surface area contributed by atoms with Gasteiger partial charge in [-0.15, -0.1) is 0 Å². The van der Waals surface area contributed by atoms with Crippen LogP contribution in [-0.4, -0.2) is 34.1 Å². The molecule has 5 heteroatoms. The number of aromatic nitrogens is 1. The highest BCUT2D eigenvalue weighted by atomic mass is 32.1. The van der Waals surface area contributed by atoms with Crippen molar-refractivity contribution in [3.05, 3.63) is 59.9 Å². The van der Waals surface area contributed by atoms with Gasteiger partial charge >= 0.3 is 0 Å². The summed E-state index contributed by atoms with van der Waals surface area (Å²) in [4.78, 5) is 6.89. The molecule has 1 aliphatic heterocycles. The van der Waals surface area contributed by atoms with E-state index in [1.807, 2.05) is 12.3 Å². The van der Waals surface area contributed by atoms with Gasteiger partial charge in [0.1, 0.15) is 0 Å². The third-order valence-electron chi connectivity index (χ3n) is 5.07. The lowest BCUT2D eigenvalue weighted by Gasteiger charge is -2.32. The predicted molar refractivity (Wildman–Crippen MR) is 117 cm³/mol. The molecule has 2 heterocycles. The Bertz CT molecular complexity index is 694. The number of hydrogen-bond acceptors (Lipinski definition) is 3. The molecule has 0 radical (unpaired) electrons. The maximum absolute atomic E-state index is 5.51. The number of nitrogens with zero attached hydrogens (tertiary/aromatic N) is 2. The van der Waals surface area contributed by atoms with E-state index in [4.69, 9.17) is 12.2 Å². The van der Waals surface area contributed by atoms with E-state index in [0.717, 1.165) is 55.4 Å². The number of piperidine rings is 1. The zero-order valence-corrected chi connectivity index (χ0v) is 17.0. The standard InChI is InChI=1S/C22H30N4S/c1-2-3-6-18-8-10-19(11-9-18)24-22(27)25-20-12-15-26(16-13-20)17-21-7-4-5-14-23-21/h4-5,7-11,14,20H,2-3,6,12-13,15-17H2,1H3,(H2,24,25,27). The van der Waals surface area contributed by atoms with Gasteiger partial charge in [0.2, 0.25) is 0 Å². The third kappa shape index (κ3) is 6.60. The molecule has 1 aromatic carbocycles. The van der Waals surface area contributed by atoms with Gasteiger partial charge in [-0.3, -0.25) is 9.88 Å². The van der Waals surface area contributed by atoms with Gasteiger partial charge in [-0.25, -0.2) is 0 Å².